The number of carbonyl (C=O) groups is 4. The summed E-state index contributed by atoms with van der Waals surface area (Å²) in [5, 5.41) is 27.1. The molecule has 12 nitrogen and oxygen atoms in total. The summed E-state index contributed by atoms with van der Waals surface area (Å²) in [6, 6.07) is 19.0. The average molecular weight is 722 g/mol. The normalized spacial score (nSPS) is 11.1. The van der Waals surface area contributed by atoms with E-state index < -0.39 is 23.8 Å². The first kappa shape index (κ1) is 32.9. The number of carboxylic acids is 2. The molecular weight excluding hydrogens is 699 g/mol. The summed E-state index contributed by atoms with van der Waals surface area (Å²) in [6.45, 7) is 0. The molecule has 48 heavy (non-hydrogen) atoms. The minimum absolute atomic E-state index is 0.0465. The predicted molar refractivity (Wildman–Crippen MR) is 187 cm³/mol. The number of anilines is 2. The zero-order chi connectivity index (χ0) is 33.9. The number of carbonyl (C=O) groups excluding carboxylic acids is 2. The van der Waals surface area contributed by atoms with Crippen molar-refractivity contribution >= 4 is 104 Å². The number of nitrogens with zero attached hydrogens (tertiary/aromatic N) is 2. The Hall–Kier alpha value is -5.02. The number of aromatic nitrogens is 4. The van der Waals surface area contributed by atoms with Crippen molar-refractivity contribution in [3.8, 4) is 11.1 Å². The highest BCUT2D eigenvalue weighted by atomic mass is 35.5. The van der Waals surface area contributed by atoms with Gasteiger partial charge in [-0.05, 0) is 71.8 Å². The van der Waals surface area contributed by atoms with Crippen LogP contribution in [0.3, 0.4) is 0 Å². The zero-order valence-corrected chi connectivity index (χ0v) is 27.5. The summed E-state index contributed by atoms with van der Waals surface area (Å²) >= 11 is 14.3. The van der Waals surface area contributed by atoms with E-state index in [1.54, 1.807) is 48.5 Å². The Balaban J connectivity index is 1.12. The SMILES string of the molecule is O=C(CSc1nc2ccc(Cl)cc2[nH]1)Nc1ccc(-c2ccc(NC(=O)CSc3nc4ccc(Cl)cc4[nH]3)c(C(=O)O)c2)cc1C(=O)O. The number of aromatic carboxylic acids is 2. The molecule has 0 radical (unpaired) electrons. The summed E-state index contributed by atoms with van der Waals surface area (Å²) in [7, 11) is 0. The molecule has 242 valence electrons. The number of fused-ring (bicyclic) bond motifs is 2. The van der Waals surface area contributed by atoms with Gasteiger partial charge in [-0.1, -0.05) is 58.9 Å². The fraction of sp³-hybridized carbons (Fsp3) is 0.0625. The molecule has 6 rings (SSSR count). The molecular formula is C32H22Cl2N6O6S2. The number of rotatable bonds is 11. The van der Waals surface area contributed by atoms with Crippen LogP contribution < -0.4 is 10.6 Å². The molecule has 0 saturated carbocycles. The van der Waals surface area contributed by atoms with E-state index in [9.17, 15) is 29.4 Å². The minimum Gasteiger partial charge on any atom is -0.478 e. The fourth-order valence-electron chi connectivity index (χ4n) is 4.71. The van der Waals surface area contributed by atoms with Crippen LogP contribution in [0, 0.1) is 0 Å². The Morgan fingerprint density at radius 1 is 0.625 bits per heavy atom. The van der Waals surface area contributed by atoms with Gasteiger partial charge in [-0.3, -0.25) is 9.59 Å². The van der Waals surface area contributed by atoms with E-state index in [4.69, 9.17) is 23.2 Å². The van der Waals surface area contributed by atoms with Crippen molar-refractivity contribution in [2.45, 2.75) is 10.3 Å². The molecule has 0 aliphatic heterocycles. The Morgan fingerprint density at radius 2 is 1.04 bits per heavy atom. The molecule has 0 aliphatic rings. The van der Waals surface area contributed by atoms with Gasteiger partial charge in [0, 0.05) is 10.0 Å². The van der Waals surface area contributed by atoms with Gasteiger partial charge in [0.15, 0.2) is 10.3 Å². The average Bonchev–Trinajstić information content (AvgIpc) is 3.65. The number of carboxylic acid groups (broad SMARTS) is 2. The number of imidazole rings is 2. The van der Waals surface area contributed by atoms with Crippen LogP contribution in [0.1, 0.15) is 20.7 Å². The van der Waals surface area contributed by atoms with Crippen molar-refractivity contribution in [1.82, 2.24) is 19.9 Å². The fourth-order valence-corrected chi connectivity index (χ4v) is 6.43. The number of halogens is 2. The molecule has 4 aromatic carbocycles. The lowest BCUT2D eigenvalue weighted by Crippen LogP contribution is -2.17. The van der Waals surface area contributed by atoms with Crippen molar-refractivity contribution in [2.24, 2.45) is 0 Å². The summed E-state index contributed by atoms with van der Waals surface area (Å²) in [4.78, 5) is 64.6. The lowest BCUT2D eigenvalue weighted by molar-refractivity contribution is -0.114. The monoisotopic (exact) mass is 720 g/mol. The maximum Gasteiger partial charge on any atom is 0.337 e. The van der Waals surface area contributed by atoms with Crippen molar-refractivity contribution in [2.75, 3.05) is 22.1 Å². The topological polar surface area (TPSA) is 190 Å². The van der Waals surface area contributed by atoms with Gasteiger partial charge >= 0.3 is 11.9 Å². The van der Waals surface area contributed by atoms with Crippen molar-refractivity contribution in [3.63, 3.8) is 0 Å². The van der Waals surface area contributed by atoms with E-state index in [2.05, 4.69) is 30.6 Å². The number of thioether (sulfide) groups is 2. The molecule has 0 unspecified atom stereocenters. The van der Waals surface area contributed by atoms with Gasteiger partial charge < -0.3 is 30.8 Å². The van der Waals surface area contributed by atoms with E-state index in [1.165, 1.54) is 24.3 Å². The first-order chi connectivity index (χ1) is 23.0. The van der Waals surface area contributed by atoms with Crippen LogP contribution in [0.2, 0.25) is 10.0 Å². The van der Waals surface area contributed by atoms with Gasteiger partial charge in [0.05, 0.1) is 56.1 Å². The lowest BCUT2D eigenvalue weighted by Gasteiger charge is -2.13. The highest BCUT2D eigenvalue weighted by Crippen LogP contribution is 2.30. The summed E-state index contributed by atoms with van der Waals surface area (Å²) < 4.78 is 0. The Morgan fingerprint density at radius 3 is 1.44 bits per heavy atom. The summed E-state index contributed by atoms with van der Waals surface area (Å²) in [5.41, 5.74) is 3.37. The van der Waals surface area contributed by atoms with E-state index in [1.807, 2.05) is 0 Å². The standard InChI is InChI=1S/C32H22Cl2N6O6S2/c33-17-3-7-23-25(11-17)39-31(37-23)47-13-27(41)35-21-5-1-15(9-19(21)29(43)44)16-2-6-22(20(10-16)30(45)46)36-28(42)14-48-32-38-24-8-4-18(34)12-26(24)40-32/h1-12H,13-14H2,(H,35,41)(H,36,42)(H,37,39)(H,38,40)(H,43,44)(H,45,46). The van der Waals surface area contributed by atoms with Crippen LogP contribution >= 0.6 is 46.7 Å². The number of benzene rings is 4. The predicted octanol–water partition coefficient (Wildman–Crippen LogP) is 7.27. The van der Waals surface area contributed by atoms with Crippen molar-refractivity contribution in [1.29, 1.82) is 0 Å². The second-order valence-electron chi connectivity index (χ2n) is 10.2. The first-order valence-corrected chi connectivity index (χ1v) is 16.7. The largest absolute Gasteiger partial charge is 0.478 e. The second kappa shape index (κ2) is 14.0. The van der Waals surface area contributed by atoms with Crippen molar-refractivity contribution < 1.29 is 29.4 Å². The molecule has 6 aromatic rings. The van der Waals surface area contributed by atoms with Gasteiger partial charge in [0.1, 0.15) is 0 Å². The smallest absolute Gasteiger partial charge is 0.337 e. The molecule has 6 N–H and O–H groups in total. The Bertz CT molecular complexity index is 2100. The van der Waals surface area contributed by atoms with Gasteiger partial charge in [0.2, 0.25) is 11.8 Å². The van der Waals surface area contributed by atoms with Crippen LogP contribution in [-0.4, -0.2) is 65.4 Å². The molecule has 2 aromatic heterocycles. The number of hydrogen-bond donors (Lipinski definition) is 6. The minimum atomic E-state index is -1.29. The third-order valence-corrected chi connectivity index (χ3v) is 9.12. The molecule has 16 heteroatoms. The second-order valence-corrected chi connectivity index (χ2v) is 13.0. The lowest BCUT2D eigenvalue weighted by atomic mass is 9.99. The summed E-state index contributed by atoms with van der Waals surface area (Å²) in [5.74, 6) is -3.58. The summed E-state index contributed by atoms with van der Waals surface area (Å²) in [6.07, 6.45) is 0. The van der Waals surface area contributed by atoms with Crippen LogP contribution in [0.15, 0.2) is 83.1 Å². The number of nitrogens with one attached hydrogen (secondary N) is 4. The number of H-pyrrole nitrogens is 2. The van der Waals surface area contributed by atoms with Gasteiger partial charge in [-0.2, -0.15) is 0 Å². The first-order valence-electron chi connectivity index (χ1n) is 13.9. The number of amides is 2. The van der Waals surface area contributed by atoms with Crippen molar-refractivity contribution in [3.05, 3.63) is 94.0 Å². The molecule has 2 amide bonds. The highest BCUT2D eigenvalue weighted by molar-refractivity contribution is 8.00. The van der Waals surface area contributed by atoms with Crippen LogP contribution in [0.5, 0.6) is 0 Å². The number of aromatic amines is 2. The quantitative estimate of drug-likeness (QED) is 0.0742. The van der Waals surface area contributed by atoms with Crippen LogP contribution in [0.4, 0.5) is 11.4 Å². The zero-order valence-electron chi connectivity index (χ0n) is 24.3. The Kier molecular flexibility index (Phi) is 9.59. The molecule has 0 atom stereocenters. The molecule has 2 heterocycles. The van der Waals surface area contributed by atoms with E-state index in [-0.39, 0.29) is 34.0 Å². The van der Waals surface area contributed by atoms with E-state index in [0.29, 0.717) is 42.5 Å². The maximum atomic E-state index is 12.7. The van der Waals surface area contributed by atoms with E-state index >= 15 is 0 Å². The van der Waals surface area contributed by atoms with E-state index in [0.717, 1.165) is 34.6 Å². The third kappa shape index (κ3) is 7.58. The Labute approximate surface area is 289 Å². The molecule has 0 fully saturated rings. The van der Waals surface area contributed by atoms with Gasteiger partial charge in [0.25, 0.3) is 0 Å². The van der Waals surface area contributed by atoms with Gasteiger partial charge in [-0.15, -0.1) is 0 Å². The van der Waals surface area contributed by atoms with Crippen LogP contribution in [0.25, 0.3) is 33.2 Å². The number of hydrogen-bond acceptors (Lipinski definition) is 8. The molecule has 0 aliphatic carbocycles. The maximum absolute atomic E-state index is 12.7. The molecule has 0 bridgehead atoms. The van der Waals surface area contributed by atoms with Gasteiger partial charge in [-0.25, -0.2) is 19.6 Å². The molecule has 0 saturated heterocycles. The highest BCUT2D eigenvalue weighted by Gasteiger charge is 2.18. The third-order valence-electron chi connectivity index (χ3n) is 6.91. The molecule has 0 spiro atoms. The van der Waals surface area contributed by atoms with Crippen LogP contribution in [-0.2, 0) is 9.59 Å².